The van der Waals surface area contributed by atoms with Gasteiger partial charge in [-0.3, -0.25) is 4.79 Å². The molecule has 0 saturated heterocycles. The summed E-state index contributed by atoms with van der Waals surface area (Å²) in [7, 11) is 6.07. The number of rotatable bonds is 3. The third-order valence-corrected chi connectivity index (χ3v) is 4.44. The van der Waals surface area contributed by atoms with Gasteiger partial charge in [-0.1, -0.05) is 12.8 Å². The van der Waals surface area contributed by atoms with Gasteiger partial charge in [0.1, 0.15) is 0 Å². The fourth-order valence-electron chi connectivity index (χ4n) is 3.19. The Balaban J connectivity index is 2.15. The number of benzene rings is 1. The van der Waals surface area contributed by atoms with Crippen molar-refractivity contribution in [1.29, 1.82) is 5.26 Å². The summed E-state index contributed by atoms with van der Waals surface area (Å²) < 4.78 is 0. The van der Waals surface area contributed by atoms with E-state index in [1.165, 1.54) is 12.8 Å². The Bertz CT molecular complexity index is 530. The van der Waals surface area contributed by atoms with E-state index in [0.717, 1.165) is 12.8 Å². The van der Waals surface area contributed by atoms with Crippen molar-refractivity contribution in [2.45, 2.75) is 37.8 Å². The summed E-state index contributed by atoms with van der Waals surface area (Å²) in [4.78, 5) is 16.7. The molecule has 4 heteroatoms. The van der Waals surface area contributed by atoms with Crippen molar-refractivity contribution in [2.24, 2.45) is 0 Å². The van der Waals surface area contributed by atoms with Crippen molar-refractivity contribution in [2.75, 3.05) is 21.1 Å². The third kappa shape index (κ3) is 3.43. The summed E-state index contributed by atoms with van der Waals surface area (Å²) in [5.74, 6) is 0.0400. The Morgan fingerprint density at radius 2 is 1.67 bits per heavy atom. The molecule has 0 aromatic heterocycles. The lowest BCUT2D eigenvalue weighted by molar-refractivity contribution is 0.0544. The predicted octanol–water partition coefficient (Wildman–Crippen LogP) is 2.50. The first-order valence-corrected chi connectivity index (χ1v) is 7.48. The van der Waals surface area contributed by atoms with Crippen LogP contribution in [0.25, 0.3) is 0 Å². The molecule has 1 amide bonds. The zero-order chi connectivity index (χ0) is 15.4. The topological polar surface area (TPSA) is 47.3 Å². The first-order chi connectivity index (χ1) is 10.0. The number of hydrogen-bond donors (Lipinski definition) is 0. The number of carbonyl (C=O) groups is 1. The van der Waals surface area contributed by atoms with Crippen LogP contribution in [0, 0.1) is 11.3 Å². The van der Waals surface area contributed by atoms with Gasteiger partial charge < -0.3 is 9.80 Å². The zero-order valence-electron chi connectivity index (χ0n) is 13.0. The Labute approximate surface area is 127 Å². The lowest BCUT2D eigenvalue weighted by Crippen LogP contribution is -2.51. The molecule has 1 aliphatic rings. The third-order valence-electron chi connectivity index (χ3n) is 4.44. The number of likely N-dealkylation sites (N-methyl/N-ethyl adjacent to an activating group) is 2. The number of nitriles is 1. The van der Waals surface area contributed by atoms with Crippen LogP contribution in [0.1, 0.15) is 41.6 Å². The van der Waals surface area contributed by atoms with E-state index in [0.29, 0.717) is 17.2 Å². The summed E-state index contributed by atoms with van der Waals surface area (Å²) in [6.45, 7) is 0. The van der Waals surface area contributed by atoms with Crippen molar-refractivity contribution in [3.8, 4) is 6.07 Å². The lowest BCUT2D eigenvalue weighted by atomic mass is 9.88. The minimum absolute atomic E-state index is 0.0400. The molecule has 1 saturated carbocycles. The van der Waals surface area contributed by atoms with E-state index in [9.17, 15) is 4.79 Å². The molecule has 0 N–H and O–H groups in total. The first-order valence-electron chi connectivity index (χ1n) is 7.48. The fourth-order valence-corrected chi connectivity index (χ4v) is 3.19. The zero-order valence-corrected chi connectivity index (χ0v) is 13.0. The highest BCUT2D eigenvalue weighted by atomic mass is 16.2. The molecule has 0 bridgehead atoms. The van der Waals surface area contributed by atoms with E-state index in [-0.39, 0.29) is 11.9 Å². The highest BCUT2D eigenvalue weighted by Gasteiger charge is 2.32. The molecule has 2 rings (SSSR count). The van der Waals surface area contributed by atoms with Crippen molar-refractivity contribution in [3.05, 3.63) is 35.4 Å². The van der Waals surface area contributed by atoms with Gasteiger partial charge in [-0.25, -0.2) is 0 Å². The van der Waals surface area contributed by atoms with Crippen LogP contribution in [-0.2, 0) is 0 Å². The maximum Gasteiger partial charge on any atom is 0.253 e. The molecule has 0 radical (unpaired) electrons. The minimum Gasteiger partial charge on any atom is -0.337 e. The van der Waals surface area contributed by atoms with Gasteiger partial charge in [-0.2, -0.15) is 5.26 Å². The predicted molar refractivity (Wildman–Crippen MR) is 83.0 cm³/mol. The van der Waals surface area contributed by atoms with Crippen molar-refractivity contribution in [1.82, 2.24) is 9.80 Å². The summed E-state index contributed by atoms with van der Waals surface area (Å²) in [6, 6.07) is 9.64. The van der Waals surface area contributed by atoms with Crippen LogP contribution in [0.15, 0.2) is 24.3 Å². The molecule has 0 heterocycles. The summed E-state index contributed by atoms with van der Waals surface area (Å²) in [5, 5.41) is 8.83. The molecule has 21 heavy (non-hydrogen) atoms. The second-order valence-corrected chi connectivity index (χ2v) is 5.99. The lowest BCUT2D eigenvalue weighted by Gasteiger charge is -2.41. The van der Waals surface area contributed by atoms with Gasteiger partial charge in [0, 0.05) is 24.7 Å². The molecule has 1 aromatic rings. The highest BCUT2D eigenvalue weighted by Crippen LogP contribution is 2.26. The van der Waals surface area contributed by atoms with E-state index < -0.39 is 0 Å². The fraction of sp³-hybridized carbons (Fsp3) is 0.529. The van der Waals surface area contributed by atoms with Crippen molar-refractivity contribution < 1.29 is 4.79 Å². The number of amides is 1. The first kappa shape index (κ1) is 15.5. The maximum atomic E-state index is 12.6. The Morgan fingerprint density at radius 3 is 2.19 bits per heavy atom. The minimum atomic E-state index is 0.0400. The highest BCUT2D eigenvalue weighted by molar-refractivity contribution is 5.94. The second-order valence-electron chi connectivity index (χ2n) is 5.99. The summed E-state index contributed by atoms with van der Waals surface area (Å²) >= 11 is 0. The van der Waals surface area contributed by atoms with E-state index >= 15 is 0 Å². The number of carbonyl (C=O) groups excluding carboxylic acids is 1. The molecule has 0 spiro atoms. The van der Waals surface area contributed by atoms with Gasteiger partial charge in [-0.15, -0.1) is 0 Å². The SMILES string of the molecule is CN(C(=O)c1ccc(C#N)cc1)C1CCCC[C@H]1N(C)C. The van der Waals surface area contributed by atoms with E-state index in [1.807, 2.05) is 11.9 Å². The van der Waals surface area contributed by atoms with Crippen LogP contribution >= 0.6 is 0 Å². The Kier molecular flexibility index (Phi) is 4.98. The van der Waals surface area contributed by atoms with Gasteiger partial charge in [0.05, 0.1) is 11.6 Å². The maximum absolute atomic E-state index is 12.6. The van der Waals surface area contributed by atoms with Crippen LogP contribution < -0.4 is 0 Å². The van der Waals surface area contributed by atoms with Crippen LogP contribution in [0.2, 0.25) is 0 Å². The largest absolute Gasteiger partial charge is 0.337 e. The Hall–Kier alpha value is -1.86. The van der Waals surface area contributed by atoms with Gasteiger partial charge in [0.2, 0.25) is 0 Å². The summed E-state index contributed by atoms with van der Waals surface area (Å²) in [5.41, 5.74) is 1.23. The van der Waals surface area contributed by atoms with Gasteiger partial charge in [-0.05, 0) is 51.2 Å². The molecular formula is C17H23N3O. The van der Waals surface area contributed by atoms with Gasteiger partial charge >= 0.3 is 0 Å². The van der Waals surface area contributed by atoms with Crippen LogP contribution in [0.5, 0.6) is 0 Å². The Morgan fingerprint density at radius 1 is 1.10 bits per heavy atom. The molecule has 1 aromatic carbocycles. The van der Waals surface area contributed by atoms with Gasteiger partial charge in [0.25, 0.3) is 5.91 Å². The second kappa shape index (κ2) is 6.73. The molecule has 112 valence electrons. The van der Waals surface area contributed by atoms with Crippen LogP contribution in [-0.4, -0.2) is 48.9 Å². The van der Waals surface area contributed by atoms with E-state index in [1.54, 1.807) is 24.3 Å². The molecule has 4 nitrogen and oxygen atoms in total. The quantitative estimate of drug-likeness (QED) is 0.857. The monoisotopic (exact) mass is 285 g/mol. The normalized spacial score (nSPS) is 21.9. The number of nitrogens with zero attached hydrogens (tertiary/aromatic N) is 3. The average Bonchev–Trinajstić information content (AvgIpc) is 2.53. The van der Waals surface area contributed by atoms with E-state index in [4.69, 9.17) is 5.26 Å². The summed E-state index contributed by atoms with van der Waals surface area (Å²) in [6.07, 6.45) is 4.61. The van der Waals surface area contributed by atoms with Crippen LogP contribution in [0.3, 0.4) is 0 Å². The van der Waals surface area contributed by atoms with Crippen LogP contribution in [0.4, 0.5) is 0 Å². The molecule has 1 unspecified atom stereocenters. The molecule has 0 aliphatic heterocycles. The number of hydrogen-bond acceptors (Lipinski definition) is 3. The molecule has 1 aliphatic carbocycles. The average molecular weight is 285 g/mol. The smallest absolute Gasteiger partial charge is 0.253 e. The molecule has 1 fully saturated rings. The standard InChI is InChI=1S/C17H23N3O/c1-19(2)15-6-4-5-7-16(15)20(3)17(21)14-10-8-13(12-18)9-11-14/h8-11,15-16H,4-7H2,1-3H3/t15-,16?/m1/s1. The molecular weight excluding hydrogens is 262 g/mol. The molecule has 2 atom stereocenters. The van der Waals surface area contributed by atoms with Crippen molar-refractivity contribution >= 4 is 5.91 Å². The van der Waals surface area contributed by atoms with E-state index in [2.05, 4.69) is 25.1 Å². The van der Waals surface area contributed by atoms with Gasteiger partial charge in [0.15, 0.2) is 0 Å². The van der Waals surface area contributed by atoms with Crippen molar-refractivity contribution in [3.63, 3.8) is 0 Å².